The van der Waals surface area contributed by atoms with Gasteiger partial charge in [0.2, 0.25) is 6.08 Å². The fourth-order valence-corrected chi connectivity index (χ4v) is 1.25. The van der Waals surface area contributed by atoms with E-state index in [1.807, 2.05) is 26.8 Å². The van der Waals surface area contributed by atoms with Gasteiger partial charge in [-0.2, -0.15) is 4.99 Å². The zero-order chi connectivity index (χ0) is 10.6. The normalized spacial score (nSPS) is 31.6. The Hall–Kier alpha value is -0.960. The first-order chi connectivity index (χ1) is 6.63. The van der Waals surface area contributed by atoms with Crippen LogP contribution in [0.25, 0.3) is 0 Å². The Labute approximate surface area is 83.6 Å². The molecule has 0 spiro atoms. The van der Waals surface area contributed by atoms with E-state index in [0.717, 1.165) is 0 Å². The van der Waals surface area contributed by atoms with Crippen molar-refractivity contribution in [1.82, 2.24) is 0 Å². The monoisotopic (exact) mass is 197 g/mol. The van der Waals surface area contributed by atoms with Crippen molar-refractivity contribution in [3.63, 3.8) is 0 Å². The van der Waals surface area contributed by atoms with Gasteiger partial charge in [-0.25, -0.2) is 4.79 Å². The summed E-state index contributed by atoms with van der Waals surface area (Å²) in [7, 11) is 0. The highest BCUT2D eigenvalue weighted by atomic mass is 16.7. The van der Waals surface area contributed by atoms with Crippen LogP contribution in [0.15, 0.2) is 17.1 Å². The van der Waals surface area contributed by atoms with E-state index in [0.29, 0.717) is 0 Å². The van der Waals surface area contributed by atoms with Crippen molar-refractivity contribution in [2.24, 2.45) is 4.99 Å². The van der Waals surface area contributed by atoms with Gasteiger partial charge in [0.1, 0.15) is 6.04 Å². The van der Waals surface area contributed by atoms with Crippen LogP contribution in [0.3, 0.4) is 0 Å². The van der Waals surface area contributed by atoms with Crippen LogP contribution in [0.2, 0.25) is 0 Å². The highest BCUT2D eigenvalue weighted by molar-refractivity contribution is 5.34. The van der Waals surface area contributed by atoms with Crippen LogP contribution in [-0.2, 0) is 14.3 Å². The Morgan fingerprint density at radius 2 is 2.21 bits per heavy atom. The van der Waals surface area contributed by atoms with Gasteiger partial charge in [0.05, 0.1) is 12.2 Å². The molecule has 4 nitrogen and oxygen atoms in total. The van der Waals surface area contributed by atoms with Crippen LogP contribution in [0.4, 0.5) is 0 Å². The predicted octanol–water partition coefficient (Wildman–Crippen LogP) is 1.42. The summed E-state index contributed by atoms with van der Waals surface area (Å²) in [6, 6.07) is -0.237. The molecule has 0 saturated carbocycles. The summed E-state index contributed by atoms with van der Waals surface area (Å²) in [5.74, 6) is 0. The number of carbonyl (C=O) groups excluding carboxylic acids is 1. The fourth-order valence-electron chi connectivity index (χ4n) is 1.25. The molecular formula is C10H15NO3. The third-order valence-electron chi connectivity index (χ3n) is 1.90. The van der Waals surface area contributed by atoms with E-state index in [4.69, 9.17) is 9.47 Å². The molecule has 4 heteroatoms. The van der Waals surface area contributed by atoms with E-state index in [1.165, 1.54) is 6.08 Å². The van der Waals surface area contributed by atoms with Gasteiger partial charge in [-0.1, -0.05) is 6.08 Å². The van der Waals surface area contributed by atoms with Crippen molar-refractivity contribution in [3.05, 3.63) is 12.2 Å². The molecule has 0 aliphatic carbocycles. The van der Waals surface area contributed by atoms with Crippen LogP contribution in [0.1, 0.15) is 20.8 Å². The van der Waals surface area contributed by atoms with E-state index in [-0.39, 0.29) is 24.5 Å². The zero-order valence-corrected chi connectivity index (χ0v) is 8.64. The lowest BCUT2D eigenvalue weighted by molar-refractivity contribution is -0.164. The number of nitrogens with zero attached hydrogens (tertiary/aromatic N) is 1. The molecule has 0 fully saturated rings. The van der Waals surface area contributed by atoms with Gasteiger partial charge in [0.15, 0.2) is 6.29 Å². The molecule has 0 N–H and O–H groups in total. The molecular weight excluding hydrogens is 182 g/mol. The third-order valence-corrected chi connectivity index (χ3v) is 1.90. The fraction of sp³-hybridized carbons (Fsp3) is 0.700. The molecule has 1 heterocycles. The minimum Gasteiger partial charge on any atom is -0.346 e. The predicted molar refractivity (Wildman–Crippen MR) is 51.6 cm³/mol. The molecule has 14 heavy (non-hydrogen) atoms. The second-order valence-electron chi connectivity index (χ2n) is 3.49. The van der Waals surface area contributed by atoms with E-state index >= 15 is 0 Å². The average molecular weight is 197 g/mol. The van der Waals surface area contributed by atoms with Gasteiger partial charge < -0.3 is 9.47 Å². The minimum atomic E-state index is -0.330. The minimum absolute atomic E-state index is 0.114. The van der Waals surface area contributed by atoms with Crippen molar-refractivity contribution in [2.75, 3.05) is 0 Å². The maximum atomic E-state index is 10.1. The maximum absolute atomic E-state index is 10.1. The number of aliphatic imine (C=N–C) groups is 1. The summed E-state index contributed by atoms with van der Waals surface area (Å²) in [6.07, 6.45) is 4.74. The molecule has 0 aromatic heterocycles. The Balaban J connectivity index is 2.57. The molecule has 1 aliphatic heterocycles. The summed E-state index contributed by atoms with van der Waals surface area (Å²) in [4.78, 5) is 13.7. The van der Waals surface area contributed by atoms with Crippen LogP contribution in [0.5, 0.6) is 0 Å². The summed E-state index contributed by atoms with van der Waals surface area (Å²) in [5.41, 5.74) is 0. The largest absolute Gasteiger partial charge is 0.346 e. The van der Waals surface area contributed by atoms with Crippen molar-refractivity contribution in [3.8, 4) is 0 Å². The molecule has 3 atom stereocenters. The van der Waals surface area contributed by atoms with Gasteiger partial charge in [0.25, 0.3) is 0 Å². The quantitative estimate of drug-likeness (QED) is 0.390. The topological polar surface area (TPSA) is 47.9 Å². The van der Waals surface area contributed by atoms with Crippen LogP contribution < -0.4 is 0 Å². The van der Waals surface area contributed by atoms with Crippen molar-refractivity contribution in [1.29, 1.82) is 0 Å². The van der Waals surface area contributed by atoms with Crippen molar-refractivity contribution < 1.29 is 14.3 Å². The number of hydrogen-bond donors (Lipinski definition) is 0. The van der Waals surface area contributed by atoms with Crippen LogP contribution in [-0.4, -0.2) is 30.6 Å². The molecule has 0 aromatic rings. The molecule has 0 bridgehead atoms. The zero-order valence-electron chi connectivity index (χ0n) is 8.64. The SMILES string of the molecule is CC(C)OC1C=CC(N=C=O)C(C)O1. The number of isocyanates is 1. The number of ether oxygens (including phenoxy) is 2. The summed E-state index contributed by atoms with van der Waals surface area (Å²) >= 11 is 0. The van der Waals surface area contributed by atoms with Gasteiger partial charge in [-0.05, 0) is 26.8 Å². The lowest BCUT2D eigenvalue weighted by Gasteiger charge is -2.28. The summed E-state index contributed by atoms with van der Waals surface area (Å²) in [6.45, 7) is 5.74. The first-order valence-electron chi connectivity index (χ1n) is 4.69. The number of rotatable bonds is 3. The van der Waals surface area contributed by atoms with Crippen LogP contribution >= 0.6 is 0 Å². The van der Waals surface area contributed by atoms with E-state index in [1.54, 1.807) is 6.08 Å². The third kappa shape index (κ3) is 3.07. The second kappa shape index (κ2) is 5.05. The molecule has 1 aliphatic rings. The number of hydrogen-bond acceptors (Lipinski definition) is 4. The molecule has 1 rings (SSSR count). The molecule has 78 valence electrons. The van der Waals surface area contributed by atoms with Gasteiger partial charge in [-0.3, -0.25) is 0 Å². The van der Waals surface area contributed by atoms with E-state index in [2.05, 4.69) is 4.99 Å². The summed E-state index contributed by atoms with van der Waals surface area (Å²) < 4.78 is 10.9. The molecule has 0 radical (unpaired) electrons. The lowest BCUT2D eigenvalue weighted by Crippen LogP contribution is -2.34. The lowest BCUT2D eigenvalue weighted by atomic mass is 10.1. The van der Waals surface area contributed by atoms with E-state index in [9.17, 15) is 4.79 Å². The Morgan fingerprint density at radius 1 is 1.50 bits per heavy atom. The smallest absolute Gasteiger partial charge is 0.235 e. The van der Waals surface area contributed by atoms with E-state index < -0.39 is 0 Å². The first kappa shape index (κ1) is 11.1. The standard InChI is InChI=1S/C10H15NO3/c1-7(2)13-10-5-4-9(11-6-12)8(3)14-10/h4-5,7-10H,1-3H3. The Bertz CT molecular complexity index is 256. The molecule has 0 aromatic carbocycles. The molecule has 3 unspecified atom stereocenters. The highest BCUT2D eigenvalue weighted by Gasteiger charge is 2.23. The summed E-state index contributed by atoms with van der Waals surface area (Å²) in [5, 5.41) is 0. The molecule has 0 amide bonds. The van der Waals surface area contributed by atoms with Gasteiger partial charge in [0, 0.05) is 0 Å². The molecule has 0 saturated heterocycles. The van der Waals surface area contributed by atoms with Gasteiger partial charge in [-0.15, -0.1) is 0 Å². The second-order valence-corrected chi connectivity index (χ2v) is 3.49. The van der Waals surface area contributed by atoms with Crippen molar-refractivity contribution >= 4 is 6.08 Å². The van der Waals surface area contributed by atoms with Crippen molar-refractivity contribution in [2.45, 2.75) is 45.3 Å². The maximum Gasteiger partial charge on any atom is 0.235 e. The highest BCUT2D eigenvalue weighted by Crippen LogP contribution is 2.16. The Morgan fingerprint density at radius 3 is 2.71 bits per heavy atom. The van der Waals surface area contributed by atoms with Gasteiger partial charge >= 0.3 is 0 Å². The van der Waals surface area contributed by atoms with Crippen LogP contribution in [0, 0.1) is 0 Å². The first-order valence-corrected chi connectivity index (χ1v) is 4.69. The Kier molecular flexibility index (Phi) is 4.01. The average Bonchev–Trinajstić information content (AvgIpc) is 2.09.